The summed E-state index contributed by atoms with van der Waals surface area (Å²) in [5, 5.41) is 5.53. The molecule has 0 spiro atoms. The van der Waals surface area contributed by atoms with Crippen molar-refractivity contribution in [2.45, 2.75) is 48.5 Å². The van der Waals surface area contributed by atoms with Gasteiger partial charge in [-0.15, -0.1) is 0 Å². The second-order valence-corrected chi connectivity index (χ2v) is 9.68. The molecule has 7 rings (SSSR count). The van der Waals surface area contributed by atoms with Crippen LogP contribution in [0.25, 0.3) is 45.1 Å². The highest BCUT2D eigenvalue weighted by Crippen LogP contribution is 2.25. The van der Waals surface area contributed by atoms with Crippen LogP contribution in [0.1, 0.15) is 57.5 Å². The number of anilines is 2. The molecule has 2 aromatic heterocycles. The molecule has 50 heavy (non-hydrogen) atoms. The number of rotatable bonds is 6. The Bertz CT molecular complexity index is 1930. The first-order valence-electron chi connectivity index (χ1n) is 16.9. The van der Waals surface area contributed by atoms with Crippen molar-refractivity contribution in [3.63, 3.8) is 0 Å². The molecule has 0 aliphatic heterocycles. The summed E-state index contributed by atoms with van der Waals surface area (Å²) in [6.07, 6.45) is 1.47. The summed E-state index contributed by atoms with van der Waals surface area (Å²) >= 11 is 0. The van der Waals surface area contributed by atoms with Gasteiger partial charge in [-0.2, -0.15) is 0 Å². The minimum absolute atomic E-state index is 0.537. The number of benzene rings is 5. The first kappa shape index (κ1) is 40.2. The molecule has 0 unspecified atom stereocenters. The van der Waals surface area contributed by atoms with Crippen LogP contribution in [-0.4, -0.2) is 29.7 Å². The number of aromatic nitrogens is 2. The van der Waals surface area contributed by atoms with E-state index in [1.807, 2.05) is 146 Å². The second-order valence-electron chi connectivity index (χ2n) is 9.68. The zero-order valence-corrected chi connectivity index (χ0v) is 30.2. The predicted molar refractivity (Wildman–Crippen MR) is 209 cm³/mol. The number of oxazole rings is 2. The van der Waals surface area contributed by atoms with E-state index >= 15 is 0 Å². The first-order chi connectivity index (χ1) is 24.6. The fraction of sp³-hybridized carbons (Fsp3) is 0.190. The molecule has 260 valence electrons. The van der Waals surface area contributed by atoms with Gasteiger partial charge >= 0.3 is 0 Å². The lowest BCUT2D eigenvalue weighted by molar-refractivity contribution is -0.105. The quantitative estimate of drug-likeness (QED) is 0.169. The third kappa shape index (κ3) is 11.9. The van der Waals surface area contributed by atoms with Gasteiger partial charge in [0.05, 0.1) is 0 Å². The number of hydrogen-bond donors (Lipinski definition) is 2. The van der Waals surface area contributed by atoms with Crippen molar-refractivity contribution >= 4 is 46.3 Å². The number of para-hydroxylation sites is 4. The van der Waals surface area contributed by atoms with Crippen LogP contribution < -0.4 is 10.6 Å². The molecule has 1 amide bonds. The van der Waals surface area contributed by atoms with Crippen LogP contribution in [0.4, 0.5) is 11.4 Å². The van der Waals surface area contributed by atoms with Gasteiger partial charge in [0.2, 0.25) is 18.2 Å². The van der Waals surface area contributed by atoms with Gasteiger partial charge in [0.25, 0.3) is 0 Å². The standard InChI is InChI=1S/C14H9NO2.C14H11NO.C8H10N2O.3C2H6/c16-9-10-4-3-5-11(8-10)14-15-12-6-1-2-7-13(12)17-14;1-10-5-4-6-11(9-10)14-15-12-7-2-3-8-13(12)16-14;1-9-7-2-4-8(5-3-7)10-6-11;3*1-2/h1-9H;2-9H,1H3;2-6,9H,1H3,(H,10,11);3*1-2H3. The van der Waals surface area contributed by atoms with E-state index in [-0.39, 0.29) is 0 Å². The van der Waals surface area contributed by atoms with Crippen LogP contribution in [0.5, 0.6) is 0 Å². The zero-order chi connectivity index (χ0) is 36.7. The summed E-state index contributed by atoms with van der Waals surface area (Å²) in [5.41, 5.74) is 8.79. The van der Waals surface area contributed by atoms with Crippen LogP contribution in [0.2, 0.25) is 0 Å². The molecule has 0 fully saturated rings. The minimum Gasteiger partial charge on any atom is -0.436 e. The monoisotopic (exact) mass is 672 g/mol. The van der Waals surface area contributed by atoms with E-state index in [9.17, 15) is 9.59 Å². The fourth-order valence-corrected chi connectivity index (χ4v) is 4.32. The van der Waals surface area contributed by atoms with Gasteiger partial charge in [-0.05, 0) is 79.7 Å². The lowest BCUT2D eigenvalue weighted by Crippen LogP contribution is -1.93. The SMILES string of the molecule is CC.CC.CC.CNc1ccc(NC=O)cc1.Cc1cccc(-c2nc3ccccc3o2)c1.O=Cc1cccc(-c2nc3ccccc3o2)c1. The normalized spacial score (nSPS) is 9.36. The Labute approximate surface area is 295 Å². The fourth-order valence-electron chi connectivity index (χ4n) is 4.32. The second kappa shape index (κ2) is 22.5. The van der Waals surface area contributed by atoms with Crippen molar-refractivity contribution in [2.75, 3.05) is 17.7 Å². The minimum atomic E-state index is 0.537. The molecule has 0 saturated carbocycles. The Kier molecular flexibility index (Phi) is 18.1. The van der Waals surface area contributed by atoms with Gasteiger partial charge in [-0.25, -0.2) is 9.97 Å². The molecule has 0 saturated heterocycles. The van der Waals surface area contributed by atoms with Gasteiger partial charge in [0, 0.05) is 35.1 Å². The lowest BCUT2D eigenvalue weighted by atomic mass is 10.1. The Balaban J connectivity index is 0.000000246. The van der Waals surface area contributed by atoms with Gasteiger partial charge in [-0.3, -0.25) is 9.59 Å². The summed E-state index contributed by atoms with van der Waals surface area (Å²) < 4.78 is 11.3. The van der Waals surface area contributed by atoms with Crippen LogP contribution >= 0.6 is 0 Å². The summed E-state index contributed by atoms with van der Waals surface area (Å²) in [6.45, 7) is 14.1. The molecule has 8 nitrogen and oxygen atoms in total. The van der Waals surface area contributed by atoms with Gasteiger partial charge in [0.15, 0.2) is 11.2 Å². The van der Waals surface area contributed by atoms with Crippen molar-refractivity contribution in [3.05, 3.63) is 132 Å². The maximum absolute atomic E-state index is 10.7. The number of nitrogens with one attached hydrogen (secondary N) is 2. The largest absolute Gasteiger partial charge is 0.436 e. The number of fused-ring (bicyclic) bond motifs is 2. The molecule has 5 aromatic carbocycles. The van der Waals surface area contributed by atoms with Crippen molar-refractivity contribution < 1.29 is 18.4 Å². The van der Waals surface area contributed by atoms with E-state index in [1.165, 1.54) is 5.56 Å². The first-order valence-corrected chi connectivity index (χ1v) is 16.9. The van der Waals surface area contributed by atoms with Crippen molar-refractivity contribution in [1.29, 1.82) is 0 Å². The van der Waals surface area contributed by atoms with E-state index in [1.54, 1.807) is 12.1 Å². The maximum atomic E-state index is 10.7. The zero-order valence-electron chi connectivity index (χ0n) is 30.2. The van der Waals surface area contributed by atoms with E-state index in [4.69, 9.17) is 8.83 Å². The Morgan fingerprint density at radius 2 is 1.04 bits per heavy atom. The highest BCUT2D eigenvalue weighted by molar-refractivity contribution is 5.80. The lowest BCUT2D eigenvalue weighted by Gasteiger charge is -2.00. The van der Waals surface area contributed by atoms with Crippen LogP contribution in [0.3, 0.4) is 0 Å². The summed E-state index contributed by atoms with van der Waals surface area (Å²) in [7, 11) is 1.85. The molecular weight excluding hydrogens is 624 g/mol. The van der Waals surface area contributed by atoms with E-state index in [0.29, 0.717) is 23.8 Å². The molecular formula is C42H48N4O4. The van der Waals surface area contributed by atoms with Crippen LogP contribution in [0, 0.1) is 6.92 Å². The van der Waals surface area contributed by atoms with Crippen molar-refractivity contribution in [3.8, 4) is 22.9 Å². The maximum Gasteiger partial charge on any atom is 0.227 e. The van der Waals surface area contributed by atoms with E-state index < -0.39 is 0 Å². The van der Waals surface area contributed by atoms with Crippen molar-refractivity contribution in [2.24, 2.45) is 0 Å². The van der Waals surface area contributed by atoms with Crippen LogP contribution in [-0.2, 0) is 4.79 Å². The van der Waals surface area contributed by atoms with Crippen LogP contribution in [0.15, 0.2) is 130 Å². The van der Waals surface area contributed by atoms with Crippen molar-refractivity contribution in [1.82, 2.24) is 9.97 Å². The number of aryl methyl sites for hydroxylation is 1. The van der Waals surface area contributed by atoms with E-state index in [2.05, 4.69) is 39.7 Å². The third-order valence-electron chi connectivity index (χ3n) is 6.52. The molecule has 2 heterocycles. The average Bonchev–Trinajstić information content (AvgIpc) is 3.84. The number of aldehydes is 1. The predicted octanol–water partition coefficient (Wildman–Crippen LogP) is 11.5. The number of hydrogen-bond acceptors (Lipinski definition) is 7. The average molecular weight is 673 g/mol. The number of carbonyl (C=O) groups is 2. The molecule has 0 atom stereocenters. The molecule has 0 radical (unpaired) electrons. The van der Waals surface area contributed by atoms with Gasteiger partial charge < -0.3 is 19.5 Å². The Hall–Kier alpha value is -6.02. The summed E-state index contributed by atoms with van der Waals surface area (Å²) in [5.74, 6) is 1.22. The number of carbonyl (C=O) groups excluding carboxylic acids is 2. The topological polar surface area (TPSA) is 110 Å². The summed E-state index contributed by atoms with van der Waals surface area (Å²) in [6, 6.07) is 38.2. The number of amides is 1. The van der Waals surface area contributed by atoms with Gasteiger partial charge in [0.1, 0.15) is 17.3 Å². The molecule has 2 N–H and O–H groups in total. The molecule has 0 bridgehead atoms. The molecule has 7 aromatic rings. The molecule has 8 heteroatoms. The third-order valence-corrected chi connectivity index (χ3v) is 6.52. The molecule has 0 aliphatic rings. The van der Waals surface area contributed by atoms with Gasteiger partial charge in [-0.1, -0.05) is 95.6 Å². The van der Waals surface area contributed by atoms with E-state index in [0.717, 1.165) is 51.0 Å². The Morgan fingerprint density at radius 3 is 1.50 bits per heavy atom. The highest BCUT2D eigenvalue weighted by Gasteiger charge is 2.08. The highest BCUT2D eigenvalue weighted by atomic mass is 16.4. The molecule has 0 aliphatic carbocycles. The summed E-state index contributed by atoms with van der Waals surface area (Å²) in [4.78, 5) is 29.5. The Morgan fingerprint density at radius 1 is 0.560 bits per heavy atom. The smallest absolute Gasteiger partial charge is 0.227 e. The number of nitrogens with zero attached hydrogens (tertiary/aromatic N) is 2.